The van der Waals surface area contributed by atoms with Crippen molar-refractivity contribution in [1.82, 2.24) is 0 Å². The molecular formula is C15H38OSi4. The zero-order chi connectivity index (χ0) is 16.6. The summed E-state index contributed by atoms with van der Waals surface area (Å²) in [6.45, 7) is 31.4. The average molecular weight is 347 g/mol. The molecule has 0 rings (SSSR count). The third-order valence-electron chi connectivity index (χ3n) is 4.74. The van der Waals surface area contributed by atoms with Crippen LogP contribution in [-0.2, 0) is 4.74 Å². The summed E-state index contributed by atoms with van der Waals surface area (Å²) in [5.74, 6) is 0. The lowest BCUT2D eigenvalue weighted by molar-refractivity contribution is 0.136. The standard InChI is InChI=1S/C15H38OSi4/c1-14(2)13-16-15(3)20(17(4,5)6,18(7,8)9)19(10,11)12/h15H,1,13H2,2-12H3. The van der Waals surface area contributed by atoms with E-state index < -0.39 is 29.4 Å². The van der Waals surface area contributed by atoms with Gasteiger partial charge in [-0.3, -0.25) is 0 Å². The van der Waals surface area contributed by atoms with E-state index in [2.05, 4.69) is 79.3 Å². The van der Waals surface area contributed by atoms with Crippen LogP contribution in [0.25, 0.3) is 0 Å². The zero-order valence-electron chi connectivity index (χ0n) is 15.9. The first-order chi connectivity index (χ1) is 8.59. The quantitative estimate of drug-likeness (QED) is 0.454. The summed E-state index contributed by atoms with van der Waals surface area (Å²) in [5.41, 5.74) is 1.64. The SMILES string of the molecule is C=C(C)COC(C)[Si]([Si](C)(C)C)([Si](C)(C)C)[Si](C)(C)C. The van der Waals surface area contributed by atoms with Crippen LogP contribution in [0, 0.1) is 0 Å². The molecule has 0 aromatic carbocycles. The van der Waals surface area contributed by atoms with Crippen LogP contribution in [-0.4, -0.2) is 41.7 Å². The van der Waals surface area contributed by atoms with E-state index in [9.17, 15) is 0 Å². The van der Waals surface area contributed by atoms with Gasteiger partial charge in [-0.1, -0.05) is 71.1 Å². The van der Waals surface area contributed by atoms with Crippen molar-refractivity contribution in [2.45, 2.75) is 78.5 Å². The van der Waals surface area contributed by atoms with Crippen molar-refractivity contribution in [3.63, 3.8) is 0 Å². The lowest BCUT2D eigenvalue weighted by atomic mass is 10.4. The van der Waals surface area contributed by atoms with Crippen LogP contribution in [0.3, 0.4) is 0 Å². The Labute approximate surface area is 131 Å². The number of hydrogen-bond donors (Lipinski definition) is 0. The second-order valence-electron chi connectivity index (χ2n) is 9.47. The average Bonchev–Trinajstić information content (AvgIpc) is 2.07. The number of hydrogen-bond acceptors (Lipinski definition) is 1. The van der Waals surface area contributed by atoms with Crippen LogP contribution >= 0.6 is 0 Å². The maximum Gasteiger partial charge on any atom is 0.0704 e. The van der Waals surface area contributed by atoms with Crippen molar-refractivity contribution in [2.24, 2.45) is 0 Å². The highest BCUT2D eigenvalue weighted by Gasteiger charge is 2.64. The predicted octanol–water partition coefficient (Wildman–Crippen LogP) is 5.21. The van der Waals surface area contributed by atoms with Gasteiger partial charge in [0.25, 0.3) is 0 Å². The molecule has 120 valence electrons. The monoisotopic (exact) mass is 346 g/mol. The van der Waals surface area contributed by atoms with Crippen LogP contribution in [0.2, 0.25) is 58.9 Å². The van der Waals surface area contributed by atoms with E-state index in [-0.39, 0.29) is 0 Å². The molecule has 1 atom stereocenters. The molecule has 1 nitrogen and oxygen atoms in total. The molecule has 0 aromatic heterocycles. The van der Waals surface area contributed by atoms with Gasteiger partial charge in [0.05, 0.1) is 13.2 Å². The lowest BCUT2D eigenvalue weighted by Gasteiger charge is -2.60. The molecule has 5 heteroatoms. The Balaban J connectivity index is 5.97. The molecule has 0 aliphatic heterocycles. The minimum Gasteiger partial charge on any atom is -0.378 e. The van der Waals surface area contributed by atoms with E-state index >= 15 is 0 Å². The van der Waals surface area contributed by atoms with Crippen LogP contribution in [0.1, 0.15) is 13.8 Å². The maximum absolute atomic E-state index is 6.41. The largest absolute Gasteiger partial charge is 0.378 e. The Hall–Kier alpha value is 0.568. The molecule has 0 saturated carbocycles. The Morgan fingerprint density at radius 1 is 0.850 bits per heavy atom. The Morgan fingerprint density at radius 2 is 1.15 bits per heavy atom. The minimum absolute atomic E-state index is 0.490. The molecule has 0 bridgehead atoms. The van der Waals surface area contributed by atoms with Crippen molar-refractivity contribution in [3.05, 3.63) is 12.2 Å². The summed E-state index contributed by atoms with van der Waals surface area (Å²) in [7, 11) is -3.71. The summed E-state index contributed by atoms with van der Waals surface area (Å²) < 4.78 is 6.41. The minimum atomic E-state index is -1.42. The summed E-state index contributed by atoms with van der Waals surface area (Å²) >= 11 is 0. The molecule has 1 unspecified atom stereocenters. The summed E-state index contributed by atoms with van der Waals surface area (Å²) in [4.78, 5) is 0. The van der Waals surface area contributed by atoms with Crippen LogP contribution in [0.15, 0.2) is 12.2 Å². The maximum atomic E-state index is 6.41. The second kappa shape index (κ2) is 6.36. The van der Waals surface area contributed by atoms with Gasteiger partial charge in [-0.2, -0.15) is 0 Å². The van der Waals surface area contributed by atoms with Gasteiger partial charge in [-0.05, 0) is 13.8 Å². The Bertz CT molecular complexity index is 308. The molecular weight excluding hydrogens is 309 g/mol. The molecule has 20 heavy (non-hydrogen) atoms. The molecule has 0 radical (unpaired) electrons. The van der Waals surface area contributed by atoms with Crippen LogP contribution in [0.5, 0.6) is 0 Å². The molecule has 0 aromatic rings. The van der Waals surface area contributed by atoms with E-state index in [1.54, 1.807) is 0 Å². The third-order valence-corrected chi connectivity index (χ3v) is 78.7. The summed E-state index contributed by atoms with van der Waals surface area (Å²) in [6.07, 6.45) is 0. The van der Waals surface area contributed by atoms with Crippen molar-refractivity contribution in [2.75, 3.05) is 6.61 Å². The Kier molecular flexibility index (Phi) is 6.54. The van der Waals surface area contributed by atoms with Crippen molar-refractivity contribution in [1.29, 1.82) is 0 Å². The van der Waals surface area contributed by atoms with Gasteiger partial charge in [0.15, 0.2) is 0 Å². The predicted molar refractivity (Wildman–Crippen MR) is 106 cm³/mol. The van der Waals surface area contributed by atoms with E-state index in [1.165, 1.54) is 0 Å². The van der Waals surface area contributed by atoms with E-state index in [0.717, 1.165) is 12.2 Å². The van der Waals surface area contributed by atoms with Crippen LogP contribution in [0.4, 0.5) is 0 Å². The molecule has 0 N–H and O–H groups in total. The highest BCUT2D eigenvalue weighted by molar-refractivity contribution is 7.89. The van der Waals surface area contributed by atoms with Gasteiger partial charge in [0, 0.05) is 28.5 Å². The molecule has 0 spiro atoms. The van der Waals surface area contributed by atoms with Gasteiger partial charge < -0.3 is 4.74 Å². The first-order valence-corrected chi connectivity index (χ1v) is 23.4. The van der Waals surface area contributed by atoms with Gasteiger partial charge in [-0.15, -0.1) is 0 Å². The van der Waals surface area contributed by atoms with Crippen molar-refractivity contribution in [3.8, 4) is 0 Å². The topological polar surface area (TPSA) is 9.23 Å². The van der Waals surface area contributed by atoms with E-state index in [4.69, 9.17) is 4.74 Å². The smallest absolute Gasteiger partial charge is 0.0704 e. The molecule has 0 fully saturated rings. The fraction of sp³-hybridized carbons (Fsp3) is 0.867. The van der Waals surface area contributed by atoms with Gasteiger partial charge in [-0.25, -0.2) is 0 Å². The highest BCUT2D eigenvalue weighted by atomic mass is 29.9. The third kappa shape index (κ3) is 3.85. The first-order valence-electron chi connectivity index (χ1n) is 7.85. The van der Waals surface area contributed by atoms with Crippen molar-refractivity contribution >= 4 is 29.4 Å². The zero-order valence-corrected chi connectivity index (χ0v) is 19.9. The second-order valence-corrected chi connectivity index (χ2v) is 50.5. The van der Waals surface area contributed by atoms with E-state index in [1.807, 2.05) is 0 Å². The van der Waals surface area contributed by atoms with Crippen LogP contribution < -0.4 is 0 Å². The lowest BCUT2D eigenvalue weighted by Crippen LogP contribution is -2.87. The molecule has 0 amide bonds. The highest BCUT2D eigenvalue weighted by Crippen LogP contribution is 2.40. The van der Waals surface area contributed by atoms with Gasteiger partial charge >= 0.3 is 0 Å². The molecule has 0 aliphatic carbocycles. The summed E-state index contributed by atoms with van der Waals surface area (Å²) in [6, 6.07) is 0. The van der Waals surface area contributed by atoms with Gasteiger partial charge in [0.1, 0.15) is 0 Å². The molecule has 0 heterocycles. The summed E-state index contributed by atoms with van der Waals surface area (Å²) in [5, 5.41) is 0. The fourth-order valence-corrected chi connectivity index (χ4v) is 109. The van der Waals surface area contributed by atoms with E-state index in [0.29, 0.717) is 5.73 Å². The number of ether oxygens (including phenoxy) is 1. The van der Waals surface area contributed by atoms with Crippen molar-refractivity contribution < 1.29 is 4.74 Å². The Morgan fingerprint density at radius 3 is 1.35 bits per heavy atom. The normalized spacial score (nSPS) is 16.1. The fourth-order valence-electron chi connectivity index (χ4n) is 5.60. The number of rotatable bonds is 7. The van der Waals surface area contributed by atoms with Gasteiger partial charge in [0.2, 0.25) is 0 Å². The molecule has 0 aliphatic rings. The molecule has 0 saturated heterocycles. The first kappa shape index (κ1) is 20.6.